The van der Waals surface area contributed by atoms with Crippen LogP contribution in [0.2, 0.25) is 0 Å². The van der Waals surface area contributed by atoms with E-state index in [0.717, 1.165) is 79.6 Å². The van der Waals surface area contributed by atoms with E-state index < -0.39 is 6.43 Å². The first-order valence-corrected chi connectivity index (χ1v) is 24.7. The van der Waals surface area contributed by atoms with Gasteiger partial charge in [-0.3, -0.25) is 19.0 Å². The smallest absolute Gasteiger partial charge is 0.264 e. The van der Waals surface area contributed by atoms with Gasteiger partial charge in [-0.25, -0.2) is 8.78 Å². The zero-order valence-electron chi connectivity index (χ0n) is 41.2. The number of rotatable bonds is 9. The molecule has 70 heavy (non-hydrogen) atoms. The Morgan fingerprint density at radius 3 is 2.37 bits per heavy atom. The van der Waals surface area contributed by atoms with Crippen LogP contribution in [0.5, 0.6) is 11.5 Å². The highest BCUT2D eigenvalue weighted by Gasteiger charge is 2.64. The summed E-state index contributed by atoms with van der Waals surface area (Å²) in [5.74, 6) is 9.01. The number of fused-ring (bicyclic) bond motifs is 2. The van der Waals surface area contributed by atoms with Crippen LogP contribution in [0.4, 0.5) is 20.3 Å². The summed E-state index contributed by atoms with van der Waals surface area (Å²) >= 11 is 0. The number of nitrogens with zero attached hydrogens (tertiary/aromatic N) is 7. The minimum Gasteiger partial charge on any atom is -0.495 e. The Morgan fingerprint density at radius 1 is 0.971 bits per heavy atom. The molecule has 1 N–H and O–H groups in total. The van der Waals surface area contributed by atoms with Gasteiger partial charge in [-0.05, 0) is 116 Å². The number of aryl methyl sites for hydroxylation is 2. The van der Waals surface area contributed by atoms with Crippen molar-refractivity contribution in [3.05, 3.63) is 106 Å². The second-order valence-corrected chi connectivity index (χ2v) is 21.6. The molecule has 12 nitrogen and oxygen atoms in total. The Morgan fingerprint density at radius 2 is 1.71 bits per heavy atom. The molecular formula is C56H62F2N8O4. The van der Waals surface area contributed by atoms with Crippen LogP contribution < -0.4 is 19.7 Å². The molecule has 3 aliphatic carbocycles. The van der Waals surface area contributed by atoms with E-state index in [2.05, 4.69) is 65.6 Å². The van der Waals surface area contributed by atoms with E-state index in [1.54, 1.807) is 55.3 Å². The summed E-state index contributed by atoms with van der Waals surface area (Å²) in [5.41, 5.74) is 6.60. The van der Waals surface area contributed by atoms with Crippen LogP contribution in [0.3, 0.4) is 0 Å². The van der Waals surface area contributed by atoms with E-state index in [-0.39, 0.29) is 51.8 Å². The minimum atomic E-state index is -2.66. The average Bonchev–Trinajstić information content (AvgIpc) is 3.96. The highest BCUT2D eigenvalue weighted by Crippen LogP contribution is 2.58. The van der Waals surface area contributed by atoms with Crippen molar-refractivity contribution in [1.82, 2.24) is 29.8 Å². The standard InChI is InChI=1S/C56H62F2N8O4/c1-34(67)64-24-20-46-45(33-64)50(65-23-8-9-38-25-43(40-31-60-63(6)32-40)44(49(57)58)27-47(38)65)62-66(46)41-18-21-56(22-19-41)28-36(29-56)11-10-35-12-14-37(15-13-35)51(68)61-52-54(2,3)53(55(52,4)5)70-42-17-16-39(30-59)48(26-42)69-7/h12-17,25-27,31-32,36,41,49,52-53H,8-9,18-24,28-29,33H2,1-7H3,(H,61,68). The van der Waals surface area contributed by atoms with Crippen molar-refractivity contribution in [2.24, 2.45) is 29.2 Å². The van der Waals surface area contributed by atoms with Gasteiger partial charge < -0.3 is 24.6 Å². The molecule has 14 heteroatoms. The van der Waals surface area contributed by atoms with Crippen molar-refractivity contribution in [3.63, 3.8) is 0 Å². The lowest BCUT2D eigenvalue weighted by Gasteiger charge is -2.63. The number of amides is 2. The van der Waals surface area contributed by atoms with Crippen molar-refractivity contribution >= 4 is 23.3 Å². The fourth-order valence-corrected chi connectivity index (χ4v) is 12.9. The summed E-state index contributed by atoms with van der Waals surface area (Å²) in [6.45, 7) is 11.8. The lowest BCUT2D eigenvalue weighted by molar-refractivity contribution is -0.164. The van der Waals surface area contributed by atoms with Gasteiger partial charge in [0, 0.05) is 108 Å². The van der Waals surface area contributed by atoms with Gasteiger partial charge in [-0.1, -0.05) is 39.5 Å². The summed E-state index contributed by atoms with van der Waals surface area (Å²) < 4.78 is 45.3. The van der Waals surface area contributed by atoms with Gasteiger partial charge in [0.15, 0.2) is 5.82 Å². The molecule has 0 bridgehead atoms. The number of ether oxygens (including phenoxy) is 2. The van der Waals surface area contributed by atoms with Crippen molar-refractivity contribution in [2.45, 2.75) is 124 Å². The number of nitriles is 1. The summed E-state index contributed by atoms with van der Waals surface area (Å²) in [6.07, 6.45) is 9.25. The maximum absolute atomic E-state index is 14.8. The summed E-state index contributed by atoms with van der Waals surface area (Å²) in [7, 11) is 3.32. The first-order valence-electron chi connectivity index (χ1n) is 24.7. The third-order valence-corrected chi connectivity index (χ3v) is 16.3. The molecule has 364 valence electrons. The molecule has 3 aromatic carbocycles. The molecule has 0 saturated heterocycles. The second kappa shape index (κ2) is 17.9. The first-order chi connectivity index (χ1) is 33.5. The van der Waals surface area contributed by atoms with Crippen LogP contribution in [-0.2, 0) is 31.2 Å². The number of aromatic nitrogens is 4. The molecule has 4 heterocycles. The SMILES string of the molecule is COc1cc(OC2C(C)(C)C(NC(=O)c3ccc(C#CC4CC5(CCC(n6nc(N7CCCc8cc(-c9cnn(C)c9)c(C(F)F)cc87)c7c6CCN(C(C)=O)C7)CC5)C4)cc3)C2(C)C)ccc1C#N. The number of hydrogen-bond acceptors (Lipinski definition) is 8. The quantitative estimate of drug-likeness (QED) is 0.145. The molecule has 10 rings (SSSR count). The van der Waals surface area contributed by atoms with Crippen LogP contribution >= 0.6 is 0 Å². The Balaban J connectivity index is 0.775. The zero-order valence-corrected chi connectivity index (χ0v) is 41.2. The third kappa shape index (κ3) is 8.37. The fourth-order valence-electron chi connectivity index (χ4n) is 12.9. The van der Waals surface area contributed by atoms with Crippen LogP contribution in [0, 0.1) is 45.3 Å². The van der Waals surface area contributed by atoms with E-state index in [1.807, 2.05) is 35.2 Å². The topological polar surface area (TPSA) is 131 Å². The number of carbonyl (C=O) groups is 2. The van der Waals surface area contributed by atoms with Crippen LogP contribution in [0.1, 0.15) is 136 Å². The minimum absolute atomic E-state index is 0.0135. The molecule has 2 amide bonds. The first kappa shape index (κ1) is 47.0. The number of carbonyl (C=O) groups excluding carboxylic acids is 2. The monoisotopic (exact) mass is 948 g/mol. The number of hydrogen-bond donors (Lipinski definition) is 1. The highest BCUT2D eigenvalue weighted by molar-refractivity contribution is 5.94. The highest BCUT2D eigenvalue weighted by atomic mass is 19.3. The second-order valence-electron chi connectivity index (χ2n) is 21.6. The lowest BCUT2D eigenvalue weighted by Crippen LogP contribution is -2.74. The number of halogens is 2. The van der Waals surface area contributed by atoms with Gasteiger partial charge in [0.1, 0.15) is 23.7 Å². The number of benzene rings is 3. The Bertz CT molecular complexity index is 2940. The van der Waals surface area contributed by atoms with Crippen LogP contribution in [-0.4, -0.2) is 68.6 Å². The molecule has 5 aliphatic rings. The zero-order chi connectivity index (χ0) is 49.3. The summed E-state index contributed by atoms with van der Waals surface area (Å²) in [4.78, 5) is 30.3. The molecule has 3 saturated carbocycles. The van der Waals surface area contributed by atoms with Crippen molar-refractivity contribution < 1.29 is 27.8 Å². The number of nitrogens with one attached hydrogen (secondary N) is 1. The van der Waals surface area contributed by atoms with E-state index in [4.69, 9.17) is 14.6 Å². The van der Waals surface area contributed by atoms with Crippen molar-refractivity contribution in [2.75, 3.05) is 25.1 Å². The Kier molecular flexibility index (Phi) is 12.1. The van der Waals surface area contributed by atoms with Gasteiger partial charge in [0.25, 0.3) is 12.3 Å². The molecule has 0 radical (unpaired) electrons. The van der Waals surface area contributed by atoms with Crippen molar-refractivity contribution in [3.8, 4) is 40.5 Å². The van der Waals surface area contributed by atoms with Gasteiger partial charge in [-0.2, -0.15) is 15.5 Å². The summed E-state index contributed by atoms with van der Waals surface area (Å²) in [6, 6.07) is 18.6. The molecule has 2 aliphatic heterocycles. The molecule has 3 fully saturated rings. The van der Waals surface area contributed by atoms with Crippen LogP contribution in [0.25, 0.3) is 11.1 Å². The normalized spacial score (nSPS) is 24.0. The predicted octanol–water partition coefficient (Wildman–Crippen LogP) is 10.3. The third-order valence-electron chi connectivity index (χ3n) is 16.3. The number of anilines is 2. The maximum atomic E-state index is 14.8. The Hall–Kier alpha value is -6.67. The Labute approximate surface area is 409 Å². The molecule has 2 aromatic heterocycles. The summed E-state index contributed by atoms with van der Waals surface area (Å²) in [5, 5.41) is 22.3. The maximum Gasteiger partial charge on any atom is 0.264 e. The molecule has 0 unspecified atom stereocenters. The van der Waals surface area contributed by atoms with E-state index in [1.165, 1.54) is 12.8 Å². The lowest BCUT2D eigenvalue weighted by atomic mass is 9.49. The van der Waals surface area contributed by atoms with Crippen LogP contribution in [0.15, 0.2) is 67.0 Å². The largest absolute Gasteiger partial charge is 0.495 e. The molecule has 0 atom stereocenters. The van der Waals surface area contributed by atoms with Crippen molar-refractivity contribution in [1.29, 1.82) is 5.26 Å². The van der Waals surface area contributed by atoms with Gasteiger partial charge in [-0.15, -0.1) is 0 Å². The molecule has 5 aromatic rings. The van der Waals surface area contributed by atoms with Gasteiger partial charge in [0.05, 0.1) is 31.5 Å². The fraction of sp³-hybridized carbons (Fsp3) is 0.482. The van der Waals surface area contributed by atoms with E-state index in [9.17, 15) is 23.6 Å². The predicted molar refractivity (Wildman–Crippen MR) is 263 cm³/mol. The number of alkyl halides is 2. The van der Waals surface area contributed by atoms with E-state index >= 15 is 0 Å². The van der Waals surface area contributed by atoms with Gasteiger partial charge in [0.2, 0.25) is 5.91 Å². The number of methoxy groups -OCH3 is 1. The van der Waals surface area contributed by atoms with Gasteiger partial charge >= 0.3 is 0 Å². The average molecular weight is 949 g/mol. The van der Waals surface area contributed by atoms with E-state index in [0.29, 0.717) is 65.7 Å². The molecular weight excluding hydrogens is 887 g/mol. The molecule has 1 spiro atoms.